The molecule has 0 fully saturated rings. The van der Waals surface area contributed by atoms with E-state index in [0.717, 1.165) is 0 Å². The topological polar surface area (TPSA) is 75.4 Å². The molecule has 0 radical (unpaired) electrons. The van der Waals surface area contributed by atoms with E-state index in [4.69, 9.17) is 5.73 Å². The van der Waals surface area contributed by atoms with E-state index in [0.29, 0.717) is 17.8 Å². The zero-order valence-electron chi connectivity index (χ0n) is 11.6. The lowest BCUT2D eigenvalue weighted by Crippen LogP contribution is -2.42. The zero-order chi connectivity index (χ0) is 14.4. The van der Waals surface area contributed by atoms with Crippen LogP contribution in [0.5, 0.6) is 0 Å². The third-order valence-corrected chi connectivity index (χ3v) is 2.64. The van der Waals surface area contributed by atoms with Crippen LogP contribution in [-0.4, -0.2) is 35.8 Å². The molecular formula is C14H21N3O2. The lowest BCUT2D eigenvalue weighted by molar-refractivity contribution is -0.122. The summed E-state index contributed by atoms with van der Waals surface area (Å²) in [5.41, 5.74) is 6.64. The Labute approximate surface area is 113 Å². The minimum Gasteiger partial charge on any atom is -0.398 e. The van der Waals surface area contributed by atoms with Gasteiger partial charge in [-0.25, -0.2) is 0 Å². The molecule has 5 heteroatoms. The van der Waals surface area contributed by atoms with Crippen LogP contribution in [0, 0.1) is 0 Å². The third kappa shape index (κ3) is 4.28. The van der Waals surface area contributed by atoms with Gasteiger partial charge in [-0.05, 0) is 32.9 Å². The van der Waals surface area contributed by atoms with Gasteiger partial charge in [0, 0.05) is 18.3 Å². The fourth-order valence-electron chi connectivity index (χ4n) is 1.73. The summed E-state index contributed by atoms with van der Waals surface area (Å²) >= 11 is 0. The number of benzene rings is 1. The molecule has 0 aliphatic heterocycles. The molecule has 0 saturated carbocycles. The molecule has 1 aromatic carbocycles. The molecule has 0 spiro atoms. The number of rotatable bonds is 5. The number of anilines is 1. The van der Waals surface area contributed by atoms with Crippen LogP contribution in [0.4, 0.5) is 5.69 Å². The van der Waals surface area contributed by atoms with Crippen molar-refractivity contribution in [2.75, 3.05) is 18.8 Å². The van der Waals surface area contributed by atoms with E-state index in [-0.39, 0.29) is 24.4 Å². The first-order valence-corrected chi connectivity index (χ1v) is 6.38. The Balaban J connectivity index is 2.78. The van der Waals surface area contributed by atoms with Gasteiger partial charge >= 0.3 is 0 Å². The summed E-state index contributed by atoms with van der Waals surface area (Å²) in [5, 5.41) is 2.76. The lowest BCUT2D eigenvalue weighted by atomic mass is 10.1. The molecule has 0 unspecified atom stereocenters. The molecule has 2 amide bonds. The molecule has 0 aromatic heterocycles. The average molecular weight is 263 g/mol. The number of para-hydroxylation sites is 1. The van der Waals surface area contributed by atoms with Crippen LogP contribution in [0.15, 0.2) is 24.3 Å². The Kier molecular flexibility index (Phi) is 5.36. The number of hydrogen-bond acceptors (Lipinski definition) is 3. The summed E-state index contributed by atoms with van der Waals surface area (Å²) in [5.74, 6) is -0.390. The Hall–Kier alpha value is -2.04. The highest BCUT2D eigenvalue weighted by molar-refractivity contribution is 6.00. The maximum atomic E-state index is 12.3. The Morgan fingerprint density at radius 2 is 1.95 bits per heavy atom. The highest BCUT2D eigenvalue weighted by atomic mass is 16.2. The van der Waals surface area contributed by atoms with Crippen LogP contribution in [0.1, 0.15) is 31.1 Å². The third-order valence-electron chi connectivity index (χ3n) is 2.64. The van der Waals surface area contributed by atoms with Crippen molar-refractivity contribution in [2.45, 2.75) is 26.8 Å². The monoisotopic (exact) mass is 263 g/mol. The van der Waals surface area contributed by atoms with E-state index >= 15 is 0 Å². The molecule has 0 aliphatic rings. The molecule has 0 heterocycles. The molecule has 1 aromatic rings. The Morgan fingerprint density at radius 3 is 2.47 bits per heavy atom. The summed E-state index contributed by atoms with van der Waals surface area (Å²) < 4.78 is 0. The van der Waals surface area contributed by atoms with E-state index in [1.165, 1.54) is 4.90 Å². The van der Waals surface area contributed by atoms with E-state index < -0.39 is 0 Å². The number of carbonyl (C=O) groups is 2. The van der Waals surface area contributed by atoms with Crippen molar-refractivity contribution in [1.82, 2.24) is 10.2 Å². The van der Waals surface area contributed by atoms with Crippen LogP contribution in [0.25, 0.3) is 0 Å². The van der Waals surface area contributed by atoms with Crippen LogP contribution >= 0.6 is 0 Å². The highest BCUT2D eigenvalue weighted by Crippen LogP contribution is 2.13. The van der Waals surface area contributed by atoms with Crippen molar-refractivity contribution >= 4 is 17.5 Å². The largest absolute Gasteiger partial charge is 0.398 e. The number of likely N-dealkylation sites (N-methyl/N-ethyl adjacent to an activating group) is 1. The molecule has 0 aliphatic carbocycles. The highest BCUT2D eigenvalue weighted by Gasteiger charge is 2.19. The second kappa shape index (κ2) is 6.78. The standard InChI is InChI=1S/C14H21N3O2/c1-4-17(9-13(18)16-10(2)3)14(19)11-7-5-6-8-12(11)15/h5-8,10H,4,9,15H2,1-3H3,(H,16,18). The Morgan fingerprint density at radius 1 is 1.32 bits per heavy atom. The number of carbonyl (C=O) groups excluding carboxylic acids is 2. The Bertz CT molecular complexity index is 458. The van der Waals surface area contributed by atoms with Crippen molar-refractivity contribution in [1.29, 1.82) is 0 Å². The first-order chi connectivity index (χ1) is 8.95. The maximum absolute atomic E-state index is 12.3. The molecule has 3 N–H and O–H groups in total. The molecule has 0 saturated heterocycles. The van der Waals surface area contributed by atoms with Crippen molar-refractivity contribution < 1.29 is 9.59 Å². The van der Waals surface area contributed by atoms with E-state index in [9.17, 15) is 9.59 Å². The quantitative estimate of drug-likeness (QED) is 0.785. The molecular weight excluding hydrogens is 242 g/mol. The number of nitrogen functional groups attached to an aromatic ring is 1. The van der Waals surface area contributed by atoms with Gasteiger partial charge in [-0.3, -0.25) is 9.59 Å². The summed E-state index contributed by atoms with van der Waals surface area (Å²) in [6.07, 6.45) is 0. The van der Waals surface area contributed by atoms with E-state index in [1.54, 1.807) is 24.3 Å². The first-order valence-electron chi connectivity index (χ1n) is 6.38. The van der Waals surface area contributed by atoms with Gasteiger partial charge in [0.1, 0.15) is 0 Å². The second-order valence-corrected chi connectivity index (χ2v) is 4.63. The van der Waals surface area contributed by atoms with Gasteiger partial charge in [-0.1, -0.05) is 12.1 Å². The number of hydrogen-bond donors (Lipinski definition) is 2. The van der Waals surface area contributed by atoms with Crippen molar-refractivity contribution in [3.8, 4) is 0 Å². The molecule has 104 valence electrons. The van der Waals surface area contributed by atoms with E-state index in [2.05, 4.69) is 5.32 Å². The molecule has 1 rings (SSSR count). The summed E-state index contributed by atoms with van der Waals surface area (Å²) in [6.45, 7) is 6.09. The van der Waals surface area contributed by atoms with Gasteiger partial charge in [0.2, 0.25) is 5.91 Å². The van der Waals surface area contributed by atoms with Crippen molar-refractivity contribution in [3.05, 3.63) is 29.8 Å². The molecule has 5 nitrogen and oxygen atoms in total. The van der Waals surface area contributed by atoms with Gasteiger partial charge in [-0.15, -0.1) is 0 Å². The first kappa shape index (κ1) is 15.0. The fraction of sp³-hybridized carbons (Fsp3) is 0.429. The molecule has 0 bridgehead atoms. The average Bonchev–Trinajstić information content (AvgIpc) is 2.35. The minimum absolute atomic E-state index is 0.0435. The normalized spacial score (nSPS) is 10.3. The number of nitrogens with zero attached hydrogens (tertiary/aromatic N) is 1. The summed E-state index contributed by atoms with van der Waals surface area (Å²) in [7, 11) is 0. The summed E-state index contributed by atoms with van der Waals surface area (Å²) in [4.78, 5) is 25.5. The van der Waals surface area contributed by atoms with Crippen molar-refractivity contribution in [3.63, 3.8) is 0 Å². The maximum Gasteiger partial charge on any atom is 0.256 e. The van der Waals surface area contributed by atoms with Crippen molar-refractivity contribution in [2.24, 2.45) is 0 Å². The predicted octanol–water partition coefficient (Wildman–Crippen LogP) is 1.26. The second-order valence-electron chi connectivity index (χ2n) is 4.63. The SMILES string of the molecule is CCN(CC(=O)NC(C)C)C(=O)c1ccccc1N. The smallest absolute Gasteiger partial charge is 0.256 e. The molecule has 0 atom stereocenters. The van der Waals surface area contributed by atoms with Gasteiger partial charge in [-0.2, -0.15) is 0 Å². The zero-order valence-corrected chi connectivity index (χ0v) is 11.6. The van der Waals surface area contributed by atoms with Gasteiger partial charge in [0.25, 0.3) is 5.91 Å². The van der Waals surface area contributed by atoms with Gasteiger partial charge in [0.15, 0.2) is 0 Å². The van der Waals surface area contributed by atoms with Crippen LogP contribution in [0.3, 0.4) is 0 Å². The lowest BCUT2D eigenvalue weighted by Gasteiger charge is -2.21. The van der Waals surface area contributed by atoms with Gasteiger partial charge < -0.3 is 16.0 Å². The van der Waals surface area contributed by atoms with Crippen LogP contribution < -0.4 is 11.1 Å². The fourth-order valence-corrected chi connectivity index (χ4v) is 1.73. The van der Waals surface area contributed by atoms with Crippen LogP contribution in [-0.2, 0) is 4.79 Å². The van der Waals surface area contributed by atoms with Crippen LogP contribution in [0.2, 0.25) is 0 Å². The summed E-state index contributed by atoms with van der Waals surface area (Å²) in [6, 6.07) is 6.93. The number of amides is 2. The minimum atomic E-state index is -0.223. The number of nitrogens with one attached hydrogen (secondary N) is 1. The van der Waals surface area contributed by atoms with Gasteiger partial charge in [0.05, 0.1) is 12.1 Å². The van der Waals surface area contributed by atoms with E-state index in [1.807, 2.05) is 20.8 Å². The molecule has 19 heavy (non-hydrogen) atoms. The number of nitrogens with two attached hydrogens (primary N) is 1. The predicted molar refractivity (Wildman–Crippen MR) is 75.7 cm³/mol.